The van der Waals surface area contributed by atoms with Crippen LogP contribution in [0.4, 0.5) is 4.79 Å². The second kappa shape index (κ2) is 6.31. The van der Waals surface area contributed by atoms with E-state index in [-0.39, 0.29) is 30.1 Å². The van der Waals surface area contributed by atoms with Gasteiger partial charge in [0.25, 0.3) is 5.91 Å². The Labute approximate surface area is 115 Å². The number of carbonyl (C=O) groups is 2. The van der Waals surface area contributed by atoms with Crippen LogP contribution in [0.3, 0.4) is 0 Å². The summed E-state index contributed by atoms with van der Waals surface area (Å²) >= 11 is 0. The maximum atomic E-state index is 12.2. The molecule has 1 aliphatic rings. The molecule has 20 heavy (non-hydrogen) atoms. The van der Waals surface area contributed by atoms with Gasteiger partial charge in [-0.2, -0.15) is 0 Å². The minimum absolute atomic E-state index is 0.136. The number of rotatable bonds is 3. The lowest BCUT2D eigenvalue weighted by Crippen LogP contribution is -2.47. The van der Waals surface area contributed by atoms with E-state index in [1.165, 1.54) is 18.3 Å². The maximum Gasteiger partial charge on any atom is 0.410 e. The summed E-state index contributed by atoms with van der Waals surface area (Å²) in [6.07, 6.45) is -0.0582. The Morgan fingerprint density at radius 2 is 2.35 bits per heavy atom. The highest BCUT2D eigenvalue weighted by Crippen LogP contribution is 2.13. The van der Waals surface area contributed by atoms with Crippen LogP contribution in [0.25, 0.3) is 0 Å². The number of aromatic nitrogens is 1. The van der Waals surface area contributed by atoms with Crippen molar-refractivity contribution in [2.45, 2.75) is 6.10 Å². The van der Waals surface area contributed by atoms with E-state index in [0.29, 0.717) is 19.7 Å². The number of carbonyl (C=O) groups excluding carboxylic acids is 2. The lowest BCUT2D eigenvalue weighted by molar-refractivity contribution is -0.0448. The van der Waals surface area contributed by atoms with Crippen LogP contribution < -0.4 is 10.5 Å². The molecule has 0 unspecified atom stereocenters. The normalized spacial score (nSPS) is 18.6. The summed E-state index contributed by atoms with van der Waals surface area (Å²) in [5.74, 6) is -0.0957. The topological polar surface area (TPSA) is 115 Å². The third-order valence-electron chi connectivity index (χ3n) is 2.80. The summed E-state index contributed by atoms with van der Waals surface area (Å²) in [6, 6.07) is 2.89. The molecule has 1 fully saturated rings. The van der Waals surface area contributed by atoms with Gasteiger partial charge in [-0.15, -0.1) is 0 Å². The zero-order chi connectivity index (χ0) is 14.5. The van der Waals surface area contributed by atoms with Crippen LogP contribution in [0.2, 0.25) is 0 Å². The average Bonchev–Trinajstić information content (AvgIpc) is 2.47. The molecule has 0 spiro atoms. The fourth-order valence-corrected chi connectivity index (χ4v) is 1.86. The first kappa shape index (κ1) is 14.2. The predicted molar refractivity (Wildman–Crippen MR) is 67.2 cm³/mol. The number of primary amides is 1. The maximum absolute atomic E-state index is 12.2. The smallest absolute Gasteiger partial charge is 0.409 e. The molecule has 0 saturated carbocycles. The Balaban J connectivity index is 2.03. The molecule has 0 aliphatic carbocycles. The number of ether oxygens (including phenoxy) is 2. The molecule has 1 aromatic rings. The van der Waals surface area contributed by atoms with Crippen LogP contribution in [0.5, 0.6) is 5.75 Å². The van der Waals surface area contributed by atoms with Crippen LogP contribution >= 0.6 is 0 Å². The summed E-state index contributed by atoms with van der Waals surface area (Å²) in [7, 11) is 0. The van der Waals surface area contributed by atoms with E-state index in [4.69, 9.17) is 15.6 Å². The van der Waals surface area contributed by atoms with Gasteiger partial charge in [0.15, 0.2) is 5.75 Å². The van der Waals surface area contributed by atoms with Gasteiger partial charge in [0.2, 0.25) is 0 Å². The first-order valence-electron chi connectivity index (χ1n) is 6.05. The van der Waals surface area contributed by atoms with Gasteiger partial charge in [-0.05, 0) is 12.1 Å². The zero-order valence-electron chi connectivity index (χ0n) is 10.7. The van der Waals surface area contributed by atoms with Crippen LogP contribution in [0, 0.1) is 0 Å². The van der Waals surface area contributed by atoms with Crippen molar-refractivity contribution >= 4 is 12.0 Å². The average molecular weight is 281 g/mol. The molecule has 8 heteroatoms. The van der Waals surface area contributed by atoms with Gasteiger partial charge in [-0.25, -0.2) is 9.78 Å². The van der Waals surface area contributed by atoms with E-state index in [1.807, 2.05) is 0 Å². The Hall–Kier alpha value is -2.19. The highest BCUT2D eigenvalue weighted by atomic mass is 16.5. The number of hydrogen-bond donors (Lipinski definition) is 2. The Morgan fingerprint density at radius 1 is 1.55 bits per heavy atom. The first-order chi connectivity index (χ1) is 9.60. The summed E-state index contributed by atoms with van der Waals surface area (Å²) in [4.78, 5) is 28.2. The molecule has 3 N–H and O–H groups in total. The fraction of sp³-hybridized carbons (Fsp3) is 0.417. The largest absolute Gasteiger partial charge is 0.410 e. The van der Waals surface area contributed by atoms with Crippen molar-refractivity contribution in [3.8, 4) is 5.75 Å². The molecule has 0 aromatic carbocycles. The van der Waals surface area contributed by atoms with E-state index in [1.54, 1.807) is 4.90 Å². The highest BCUT2D eigenvalue weighted by Gasteiger charge is 2.25. The third kappa shape index (κ3) is 3.43. The van der Waals surface area contributed by atoms with Crippen LogP contribution in [0.15, 0.2) is 18.3 Å². The number of nitrogens with two attached hydrogens (primary N) is 1. The van der Waals surface area contributed by atoms with E-state index < -0.39 is 6.09 Å². The molecular weight excluding hydrogens is 266 g/mol. The molecule has 0 radical (unpaired) electrons. The number of aliphatic hydroxyl groups excluding tert-OH is 1. The van der Waals surface area contributed by atoms with E-state index in [0.717, 1.165) is 0 Å². The molecule has 2 amide bonds. The molecule has 108 valence electrons. The fourth-order valence-electron chi connectivity index (χ4n) is 1.86. The van der Waals surface area contributed by atoms with Crippen molar-refractivity contribution in [2.75, 3.05) is 26.3 Å². The van der Waals surface area contributed by atoms with E-state index in [9.17, 15) is 9.59 Å². The number of hydrogen-bond acceptors (Lipinski definition) is 6. The monoisotopic (exact) mass is 281 g/mol. The molecule has 8 nitrogen and oxygen atoms in total. The van der Waals surface area contributed by atoms with Gasteiger partial charge in [0.1, 0.15) is 5.69 Å². The third-order valence-corrected chi connectivity index (χ3v) is 2.80. The van der Waals surface area contributed by atoms with Crippen molar-refractivity contribution in [2.24, 2.45) is 5.73 Å². The molecular formula is C12H15N3O5. The number of morpholine rings is 1. The summed E-state index contributed by atoms with van der Waals surface area (Å²) in [5, 5.41) is 9.04. The summed E-state index contributed by atoms with van der Waals surface area (Å²) in [5.41, 5.74) is 5.09. The van der Waals surface area contributed by atoms with Crippen LogP contribution in [-0.2, 0) is 4.74 Å². The van der Waals surface area contributed by atoms with Crippen molar-refractivity contribution in [3.05, 3.63) is 24.0 Å². The number of nitrogens with zero attached hydrogens (tertiary/aromatic N) is 2. The number of amides is 2. The van der Waals surface area contributed by atoms with Crippen molar-refractivity contribution in [3.63, 3.8) is 0 Å². The van der Waals surface area contributed by atoms with Crippen molar-refractivity contribution < 1.29 is 24.2 Å². The lowest BCUT2D eigenvalue weighted by Gasteiger charge is -2.31. The van der Waals surface area contributed by atoms with Gasteiger partial charge in [0.05, 0.1) is 25.5 Å². The molecule has 0 bridgehead atoms. The minimum Gasteiger partial charge on any atom is -0.409 e. The van der Waals surface area contributed by atoms with Crippen molar-refractivity contribution in [1.82, 2.24) is 9.88 Å². The standard InChI is InChI=1S/C12H15N3O5/c13-12(18)20-8-1-2-10(14-5-8)11(17)15-3-4-19-9(6-15)7-16/h1-2,5,9,16H,3-4,6-7H2,(H2,13,18)/t9-/m1/s1. The molecule has 2 rings (SSSR count). The van der Waals surface area contributed by atoms with Gasteiger partial charge >= 0.3 is 6.09 Å². The Kier molecular flexibility index (Phi) is 4.49. The van der Waals surface area contributed by atoms with Gasteiger partial charge in [-0.3, -0.25) is 4.79 Å². The molecule has 1 saturated heterocycles. The first-order valence-corrected chi connectivity index (χ1v) is 6.05. The quantitative estimate of drug-likeness (QED) is 0.762. The lowest BCUT2D eigenvalue weighted by atomic mass is 10.2. The molecule has 1 aromatic heterocycles. The number of pyridine rings is 1. The Bertz CT molecular complexity index is 490. The zero-order valence-corrected chi connectivity index (χ0v) is 10.7. The SMILES string of the molecule is NC(=O)Oc1ccc(C(=O)N2CCO[C@@H](CO)C2)nc1. The second-order valence-electron chi connectivity index (χ2n) is 4.23. The highest BCUT2D eigenvalue weighted by molar-refractivity contribution is 5.92. The summed E-state index contributed by atoms with van der Waals surface area (Å²) < 4.78 is 9.90. The second-order valence-corrected chi connectivity index (χ2v) is 4.23. The van der Waals surface area contributed by atoms with Crippen LogP contribution in [0.1, 0.15) is 10.5 Å². The Morgan fingerprint density at radius 3 is 2.95 bits per heavy atom. The van der Waals surface area contributed by atoms with Gasteiger partial charge in [0, 0.05) is 13.1 Å². The van der Waals surface area contributed by atoms with Crippen LogP contribution in [-0.4, -0.2) is 59.4 Å². The minimum atomic E-state index is -0.940. The van der Waals surface area contributed by atoms with E-state index in [2.05, 4.69) is 9.72 Å². The van der Waals surface area contributed by atoms with E-state index >= 15 is 0 Å². The molecule has 1 aliphatic heterocycles. The summed E-state index contributed by atoms with van der Waals surface area (Å²) in [6.45, 7) is 0.996. The van der Waals surface area contributed by atoms with Crippen molar-refractivity contribution in [1.29, 1.82) is 0 Å². The number of aliphatic hydroxyl groups is 1. The predicted octanol–water partition coefficient (Wildman–Crippen LogP) is -0.628. The molecule has 2 heterocycles. The van der Waals surface area contributed by atoms with Gasteiger partial charge in [-0.1, -0.05) is 0 Å². The van der Waals surface area contributed by atoms with Gasteiger partial charge < -0.3 is 25.2 Å². The molecule has 1 atom stereocenters.